The van der Waals surface area contributed by atoms with E-state index in [2.05, 4.69) is 20.5 Å². The van der Waals surface area contributed by atoms with Gasteiger partial charge in [0.25, 0.3) is 5.91 Å². The fraction of sp³-hybridized carbons (Fsp3) is 0.200. The van der Waals surface area contributed by atoms with Gasteiger partial charge in [-0.2, -0.15) is 23.4 Å². The summed E-state index contributed by atoms with van der Waals surface area (Å²) in [6.45, 7) is 3.88. The number of nitrogens with zero attached hydrogens (tertiary/aromatic N) is 5. The lowest BCUT2D eigenvalue weighted by Crippen LogP contribution is -2.24. The van der Waals surface area contributed by atoms with Crippen LogP contribution in [0.4, 0.5) is 13.2 Å². The van der Waals surface area contributed by atoms with Crippen molar-refractivity contribution in [3.05, 3.63) is 82.9 Å². The van der Waals surface area contributed by atoms with Gasteiger partial charge in [0.05, 0.1) is 11.4 Å². The van der Waals surface area contributed by atoms with Crippen molar-refractivity contribution in [2.75, 3.05) is 0 Å². The summed E-state index contributed by atoms with van der Waals surface area (Å²) in [7, 11) is 1.80. The van der Waals surface area contributed by atoms with Crippen molar-refractivity contribution in [2.45, 2.75) is 26.6 Å². The molecule has 178 valence electrons. The number of fused-ring (bicyclic) bond motifs is 2. The highest BCUT2D eigenvalue weighted by molar-refractivity contribution is 5.93. The fourth-order valence-corrected chi connectivity index (χ4v) is 4.12. The summed E-state index contributed by atoms with van der Waals surface area (Å²) < 4.78 is 44.2. The number of alkyl halides is 3. The molecule has 0 radical (unpaired) electrons. The minimum Gasteiger partial charge on any atom is -0.346 e. The Morgan fingerprint density at radius 3 is 2.43 bits per heavy atom. The van der Waals surface area contributed by atoms with Crippen LogP contribution in [0.25, 0.3) is 27.7 Å². The average Bonchev–Trinajstić information content (AvgIpc) is 3.36. The highest BCUT2D eigenvalue weighted by atomic mass is 19.4. The van der Waals surface area contributed by atoms with E-state index in [4.69, 9.17) is 0 Å². The predicted octanol–water partition coefficient (Wildman–Crippen LogP) is 4.85. The first-order valence-electron chi connectivity index (χ1n) is 10.9. The van der Waals surface area contributed by atoms with Crippen LogP contribution in [-0.4, -0.2) is 30.3 Å². The number of aryl methyl sites for hydroxylation is 2. The lowest BCUT2D eigenvalue weighted by molar-refractivity contribution is -0.142. The lowest BCUT2D eigenvalue weighted by atomic mass is 10.0. The number of hydrogen-bond donors (Lipinski definition) is 1. The normalized spacial score (nSPS) is 11.9. The number of hydrogen-bond acceptors (Lipinski definition) is 4. The minimum absolute atomic E-state index is 0.0677. The third kappa shape index (κ3) is 4.11. The van der Waals surface area contributed by atoms with E-state index in [9.17, 15) is 18.0 Å². The van der Waals surface area contributed by atoms with Gasteiger partial charge in [-0.1, -0.05) is 36.4 Å². The first-order valence-corrected chi connectivity index (χ1v) is 10.9. The lowest BCUT2D eigenvalue weighted by Gasteiger charge is -2.11. The zero-order valence-electron chi connectivity index (χ0n) is 19.2. The molecule has 0 aliphatic heterocycles. The molecule has 35 heavy (non-hydrogen) atoms. The molecule has 0 aliphatic carbocycles. The third-order valence-electron chi connectivity index (χ3n) is 6.08. The van der Waals surface area contributed by atoms with Crippen LogP contribution in [0, 0.1) is 13.8 Å². The molecule has 0 atom stereocenters. The van der Waals surface area contributed by atoms with E-state index in [1.54, 1.807) is 23.9 Å². The Morgan fingerprint density at radius 1 is 1.00 bits per heavy atom. The number of carbonyl (C=O) groups is 1. The van der Waals surface area contributed by atoms with Gasteiger partial charge >= 0.3 is 6.18 Å². The molecule has 0 saturated heterocycles. The summed E-state index contributed by atoms with van der Waals surface area (Å²) in [6, 6.07) is 15.1. The second-order valence-corrected chi connectivity index (χ2v) is 8.34. The molecule has 5 aromatic rings. The smallest absolute Gasteiger partial charge is 0.346 e. The maximum Gasteiger partial charge on any atom is 0.433 e. The van der Waals surface area contributed by atoms with Crippen molar-refractivity contribution < 1.29 is 18.0 Å². The molecule has 3 heterocycles. The van der Waals surface area contributed by atoms with Crippen LogP contribution in [0.3, 0.4) is 0 Å². The number of amides is 1. The molecule has 7 nitrogen and oxygen atoms in total. The molecule has 0 unspecified atom stereocenters. The van der Waals surface area contributed by atoms with Gasteiger partial charge in [0.15, 0.2) is 17.0 Å². The Kier molecular flexibility index (Phi) is 5.31. The van der Waals surface area contributed by atoms with Gasteiger partial charge < -0.3 is 5.32 Å². The quantitative estimate of drug-likeness (QED) is 0.401. The maximum atomic E-state index is 13.9. The summed E-state index contributed by atoms with van der Waals surface area (Å²) in [5, 5.41) is 12.8. The van der Waals surface area contributed by atoms with E-state index in [0.717, 1.165) is 33.8 Å². The third-order valence-corrected chi connectivity index (χ3v) is 6.08. The van der Waals surface area contributed by atoms with E-state index in [1.165, 1.54) is 6.07 Å². The largest absolute Gasteiger partial charge is 0.433 e. The summed E-state index contributed by atoms with van der Waals surface area (Å²) in [5.74, 6) is -0.599. The van der Waals surface area contributed by atoms with Crippen LogP contribution in [0.1, 0.15) is 33.1 Å². The molecule has 1 amide bonds. The highest BCUT2D eigenvalue weighted by Crippen LogP contribution is 2.33. The van der Waals surface area contributed by atoms with Gasteiger partial charge in [-0.25, -0.2) is 9.50 Å². The van der Waals surface area contributed by atoms with E-state index < -0.39 is 17.8 Å². The van der Waals surface area contributed by atoms with Crippen molar-refractivity contribution >= 4 is 22.3 Å². The highest BCUT2D eigenvalue weighted by Gasteiger charge is 2.35. The van der Waals surface area contributed by atoms with Gasteiger partial charge in [0.1, 0.15) is 0 Å². The van der Waals surface area contributed by atoms with Gasteiger partial charge in [-0.3, -0.25) is 9.48 Å². The maximum absolute atomic E-state index is 13.9. The van der Waals surface area contributed by atoms with Crippen molar-refractivity contribution in [2.24, 2.45) is 7.05 Å². The van der Waals surface area contributed by atoms with Crippen LogP contribution in [0.2, 0.25) is 0 Å². The van der Waals surface area contributed by atoms with E-state index in [0.29, 0.717) is 10.1 Å². The Bertz CT molecular complexity index is 1600. The predicted molar refractivity (Wildman–Crippen MR) is 125 cm³/mol. The number of benzene rings is 2. The number of rotatable bonds is 4. The first kappa shape index (κ1) is 22.6. The van der Waals surface area contributed by atoms with Gasteiger partial charge in [-0.15, -0.1) is 0 Å². The van der Waals surface area contributed by atoms with Crippen LogP contribution in [-0.2, 0) is 19.8 Å². The van der Waals surface area contributed by atoms with Crippen LogP contribution < -0.4 is 5.32 Å². The van der Waals surface area contributed by atoms with Gasteiger partial charge in [0.2, 0.25) is 0 Å². The first-order chi connectivity index (χ1) is 16.6. The molecule has 1 N–H and O–H groups in total. The van der Waals surface area contributed by atoms with Gasteiger partial charge in [-0.05, 0) is 36.8 Å². The fourth-order valence-electron chi connectivity index (χ4n) is 4.12. The molecule has 2 aromatic carbocycles. The molecular weight excluding hydrogens is 457 g/mol. The van der Waals surface area contributed by atoms with Crippen molar-refractivity contribution in [1.82, 2.24) is 29.7 Å². The molecule has 3 aromatic heterocycles. The zero-order chi connectivity index (χ0) is 24.9. The molecular formula is C25H21F3N6O. The number of nitrogens with one attached hydrogen (secondary N) is 1. The molecule has 5 rings (SSSR count). The Morgan fingerprint density at radius 2 is 1.74 bits per heavy atom. The van der Waals surface area contributed by atoms with Gasteiger partial charge in [0, 0.05) is 36.5 Å². The Hall–Kier alpha value is -4.21. The van der Waals surface area contributed by atoms with E-state index >= 15 is 0 Å². The van der Waals surface area contributed by atoms with Crippen molar-refractivity contribution in [3.63, 3.8) is 0 Å². The Labute approximate surface area is 198 Å². The van der Waals surface area contributed by atoms with E-state index in [1.807, 2.05) is 44.2 Å². The number of carbonyl (C=O) groups excluding carboxylic acids is 1. The van der Waals surface area contributed by atoms with Crippen molar-refractivity contribution in [3.8, 4) is 11.3 Å². The summed E-state index contributed by atoms with van der Waals surface area (Å²) >= 11 is 0. The topological polar surface area (TPSA) is 77.1 Å². The Balaban J connectivity index is 1.53. The number of halogens is 3. The van der Waals surface area contributed by atoms with Crippen LogP contribution in [0.15, 0.2) is 54.6 Å². The zero-order valence-corrected chi connectivity index (χ0v) is 19.2. The minimum atomic E-state index is -4.70. The van der Waals surface area contributed by atoms with E-state index in [-0.39, 0.29) is 23.6 Å². The molecule has 0 bridgehead atoms. The van der Waals surface area contributed by atoms with Crippen LogP contribution >= 0.6 is 0 Å². The molecule has 0 saturated carbocycles. The summed E-state index contributed by atoms with van der Waals surface area (Å²) in [6.07, 6.45) is -4.70. The summed E-state index contributed by atoms with van der Waals surface area (Å²) in [4.78, 5) is 17.1. The van der Waals surface area contributed by atoms with Crippen molar-refractivity contribution in [1.29, 1.82) is 0 Å². The SMILES string of the molecule is Cc1nn(C)c(C)c1CNC(=O)c1cc2nc(-c3ccc4ccccc4c3)cc(C(F)(F)F)n2n1. The van der Waals surface area contributed by atoms with Crippen LogP contribution in [0.5, 0.6) is 0 Å². The average molecular weight is 478 g/mol. The molecule has 10 heteroatoms. The second-order valence-electron chi connectivity index (χ2n) is 8.34. The molecule has 0 fully saturated rings. The molecule has 0 aliphatic rings. The summed E-state index contributed by atoms with van der Waals surface area (Å²) in [5.41, 5.74) is 1.94. The standard InChI is InChI=1S/C25H21F3N6O/c1-14-19(15(2)33(3)31-14)13-29-24(35)21-12-23-30-20(11-22(25(26,27)28)34(23)32-21)18-9-8-16-6-4-5-7-17(16)10-18/h4-12H,13H2,1-3H3,(H,29,35). The molecule has 0 spiro atoms. The number of aromatic nitrogens is 5. The monoisotopic (exact) mass is 478 g/mol. The second kappa shape index (κ2) is 8.23.